The SMILES string of the molecule is CC1(C)c2ccccc2-c2ccc(N(c3ccc4c(c3)oc3cc(-c5ccccc5)c5ccccc5c34)c3cccc4sc5ccccc5c34)cc21. The van der Waals surface area contributed by atoms with E-state index < -0.39 is 0 Å². The largest absolute Gasteiger partial charge is 0.456 e. The van der Waals surface area contributed by atoms with Gasteiger partial charge < -0.3 is 9.32 Å². The summed E-state index contributed by atoms with van der Waals surface area (Å²) >= 11 is 1.86. The van der Waals surface area contributed by atoms with Gasteiger partial charge in [-0.3, -0.25) is 0 Å². The van der Waals surface area contributed by atoms with Gasteiger partial charge in [0, 0.05) is 53.8 Å². The molecule has 0 aliphatic heterocycles. The van der Waals surface area contributed by atoms with E-state index in [1.807, 2.05) is 11.3 Å². The number of rotatable bonds is 4. The Morgan fingerprint density at radius 3 is 2.04 bits per heavy atom. The van der Waals surface area contributed by atoms with Gasteiger partial charge in [-0.15, -0.1) is 11.3 Å². The van der Waals surface area contributed by atoms with Gasteiger partial charge in [-0.25, -0.2) is 0 Å². The first-order valence-electron chi connectivity index (χ1n) is 17.9. The molecule has 0 amide bonds. The van der Waals surface area contributed by atoms with Crippen LogP contribution < -0.4 is 4.90 Å². The topological polar surface area (TPSA) is 16.4 Å². The van der Waals surface area contributed by atoms with Crippen molar-refractivity contribution in [2.75, 3.05) is 4.90 Å². The van der Waals surface area contributed by atoms with Gasteiger partial charge in [0.15, 0.2) is 0 Å². The molecule has 0 atom stereocenters. The fourth-order valence-corrected chi connectivity index (χ4v) is 9.95. The minimum Gasteiger partial charge on any atom is -0.456 e. The van der Waals surface area contributed by atoms with Gasteiger partial charge in [-0.1, -0.05) is 123 Å². The third-order valence-electron chi connectivity index (χ3n) is 11.3. The van der Waals surface area contributed by atoms with Crippen LogP contribution in [-0.4, -0.2) is 0 Å². The van der Waals surface area contributed by atoms with Crippen LogP contribution in [0.5, 0.6) is 0 Å². The van der Waals surface area contributed by atoms with E-state index in [0.717, 1.165) is 39.0 Å². The fraction of sp³-hybridized carbons (Fsp3) is 0.0612. The molecular formula is C49H33NOS. The van der Waals surface area contributed by atoms with Gasteiger partial charge in [-0.2, -0.15) is 0 Å². The summed E-state index contributed by atoms with van der Waals surface area (Å²) in [6.45, 7) is 4.71. The Morgan fingerprint density at radius 2 is 1.15 bits per heavy atom. The zero-order valence-electron chi connectivity index (χ0n) is 28.9. The number of benzene rings is 8. The molecular weight excluding hydrogens is 651 g/mol. The lowest BCUT2D eigenvalue weighted by atomic mass is 9.82. The Kier molecular flexibility index (Phi) is 6.21. The first kappa shape index (κ1) is 29.6. The normalized spacial score (nSPS) is 13.3. The highest BCUT2D eigenvalue weighted by Crippen LogP contribution is 2.52. The molecule has 10 aromatic rings. The number of anilines is 3. The van der Waals surface area contributed by atoms with E-state index in [1.54, 1.807) is 0 Å². The van der Waals surface area contributed by atoms with Gasteiger partial charge in [-0.05, 0) is 92.7 Å². The Morgan fingerprint density at radius 1 is 0.462 bits per heavy atom. The molecule has 0 N–H and O–H groups in total. The molecule has 3 heteroatoms. The molecule has 11 rings (SSSR count). The number of furan rings is 1. The first-order chi connectivity index (χ1) is 25.5. The van der Waals surface area contributed by atoms with Crippen LogP contribution in [0.1, 0.15) is 25.0 Å². The zero-order chi connectivity index (χ0) is 34.6. The van der Waals surface area contributed by atoms with Gasteiger partial charge >= 0.3 is 0 Å². The highest BCUT2D eigenvalue weighted by atomic mass is 32.1. The van der Waals surface area contributed by atoms with E-state index in [9.17, 15) is 0 Å². The van der Waals surface area contributed by atoms with Crippen molar-refractivity contribution in [1.82, 2.24) is 0 Å². The molecule has 0 unspecified atom stereocenters. The maximum absolute atomic E-state index is 6.85. The van der Waals surface area contributed by atoms with E-state index in [-0.39, 0.29) is 5.41 Å². The van der Waals surface area contributed by atoms with Crippen molar-refractivity contribution in [1.29, 1.82) is 0 Å². The molecule has 2 nitrogen and oxygen atoms in total. The van der Waals surface area contributed by atoms with Crippen LogP contribution in [0.4, 0.5) is 17.1 Å². The van der Waals surface area contributed by atoms with Crippen LogP contribution in [0.25, 0.3) is 75.1 Å². The Balaban J connectivity index is 1.17. The number of fused-ring (bicyclic) bond motifs is 11. The summed E-state index contributed by atoms with van der Waals surface area (Å²) in [4.78, 5) is 2.45. The second-order valence-electron chi connectivity index (χ2n) is 14.5. The lowest BCUT2D eigenvalue weighted by molar-refractivity contribution is 0.660. The van der Waals surface area contributed by atoms with Crippen molar-refractivity contribution < 1.29 is 4.42 Å². The predicted octanol–water partition coefficient (Wildman–Crippen LogP) is 14.6. The van der Waals surface area contributed by atoms with Gasteiger partial charge in [0.25, 0.3) is 0 Å². The van der Waals surface area contributed by atoms with Crippen molar-refractivity contribution in [2.24, 2.45) is 0 Å². The molecule has 2 aromatic heterocycles. The molecule has 2 heterocycles. The van der Waals surface area contributed by atoms with Crippen LogP contribution in [0.3, 0.4) is 0 Å². The van der Waals surface area contributed by atoms with Crippen LogP contribution in [0.15, 0.2) is 168 Å². The fourth-order valence-electron chi connectivity index (χ4n) is 8.83. The molecule has 8 aromatic carbocycles. The summed E-state index contributed by atoms with van der Waals surface area (Å²) in [5.74, 6) is 0. The lowest BCUT2D eigenvalue weighted by Crippen LogP contribution is -2.16. The van der Waals surface area contributed by atoms with Crippen molar-refractivity contribution >= 4 is 81.3 Å². The maximum atomic E-state index is 6.85. The third-order valence-corrected chi connectivity index (χ3v) is 12.4. The zero-order valence-corrected chi connectivity index (χ0v) is 29.7. The molecule has 52 heavy (non-hydrogen) atoms. The quantitative estimate of drug-likeness (QED) is 0.184. The first-order valence-corrected chi connectivity index (χ1v) is 18.7. The van der Waals surface area contributed by atoms with Crippen molar-refractivity contribution in [3.8, 4) is 22.3 Å². The van der Waals surface area contributed by atoms with Crippen LogP contribution in [0.2, 0.25) is 0 Å². The monoisotopic (exact) mass is 683 g/mol. The van der Waals surface area contributed by atoms with Crippen molar-refractivity contribution in [3.63, 3.8) is 0 Å². The molecule has 0 saturated carbocycles. The minimum absolute atomic E-state index is 0.116. The molecule has 246 valence electrons. The summed E-state index contributed by atoms with van der Waals surface area (Å²) in [5.41, 5.74) is 12.8. The van der Waals surface area contributed by atoms with Crippen LogP contribution in [-0.2, 0) is 5.41 Å². The second-order valence-corrected chi connectivity index (χ2v) is 15.6. The van der Waals surface area contributed by atoms with Gasteiger partial charge in [0.05, 0.1) is 5.69 Å². The Labute approximate surface area is 305 Å². The number of nitrogens with zero attached hydrogens (tertiary/aromatic N) is 1. The van der Waals surface area contributed by atoms with Crippen LogP contribution in [0, 0.1) is 0 Å². The number of hydrogen-bond donors (Lipinski definition) is 0. The number of thiophene rings is 1. The summed E-state index contributed by atoms with van der Waals surface area (Å²) in [6.07, 6.45) is 0. The average molecular weight is 684 g/mol. The van der Waals surface area contributed by atoms with Gasteiger partial charge in [0.1, 0.15) is 11.2 Å². The Bertz CT molecular complexity index is 3060. The van der Waals surface area contributed by atoms with E-state index in [2.05, 4.69) is 183 Å². The third kappa shape index (κ3) is 4.17. The summed E-state index contributed by atoms with van der Waals surface area (Å²) in [7, 11) is 0. The van der Waals surface area contributed by atoms with Crippen molar-refractivity contribution in [3.05, 3.63) is 175 Å². The summed E-state index contributed by atoms with van der Waals surface area (Å²) < 4.78 is 9.43. The minimum atomic E-state index is -0.116. The lowest BCUT2D eigenvalue weighted by Gasteiger charge is -2.28. The summed E-state index contributed by atoms with van der Waals surface area (Å²) in [6, 6.07) is 59.8. The van der Waals surface area contributed by atoms with Crippen molar-refractivity contribution in [2.45, 2.75) is 19.3 Å². The average Bonchev–Trinajstić information content (AvgIpc) is 3.83. The van der Waals surface area contributed by atoms with E-state index in [4.69, 9.17) is 4.42 Å². The molecule has 0 fully saturated rings. The molecule has 0 bridgehead atoms. The standard InChI is InChI=1S/C49H33NOS/c1-49(2)40-19-10-8-16-34(40)35-25-23-31(27-41(35)49)50(42-20-12-22-46-48(42)38-18-9-11-21-45(38)52-46)32-24-26-37-43(28-32)51-44-29-39(30-13-4-3-5-14-30)33-15-6-7-17-36(33)47(37)44/h3-29H,1-2H3. The molecule has 0 spiro atoms. The highest BCUT2D eigenvalue weighted by Gasteiger charge is 2.36. The predicted molar refractivity (Wildman–Crippen MR) is 222 cm³/mol. The number of hydrogen-bond acceptors (Lipinski definition) is 3. The molecule has 0 radical (unpaired) electrons. The molecule has 1 aliphatic carbocycles. The Hall–Kier alpha value is -6.16. The van der Waals surface area contributed by atoms with Gasteiger partial charge in [0.2, 0.25) is 0 Å². The molecule has 0 saturated heterocycles. The maximum Gasteiger partial charge on any atom is 0.137 e. The van der Waals surface area contributed by atoms with E-state index in [0.29, 0.717) is 0 Å². The van der Waals surface area contributed by atoms with E-state index in [1.165, 1.54) is 64.3 Å². The molecule has 1 aliphatic rings. The van der Waals surface area contributed by atoms with Crippen LogP contribution >= 0.6 is 11.3 Å². The van der Waals surface area contributed by atoms with E-state index >= 15 is 0 Å². The highest BCUT2D eigenvalue weighted by molar-refractivity contribution is 7.26. The second kappa shape index (κ2) is 10.9. The smallest absolute Gasteiger partial charge is 0.137 e. The summed E-state index contributed by atoms with van der Waals surface area (Å²) in [5, 5.41) is 7.27.